The molecule has 0 aliphatic carbocycles. The maximum atomic E-state index is 12.5. The summed E-state index contributed by atoms with van der Waals surface area (Å²) in [5.74, 6) is 1.26. The molecule has 6 nitrogen and oxygen atoms in total. The molecule has 4 aromatic rings. The highest BCUT2D eigenvalue weighted by atomic mass is 16.5. The first-order chi connectivity index (χ1) is 14.6. The summed E-state index contributed by atoms with van der Waals surface area (Å²) in [5, 5.41) is 2.93. The van der Waals surface area contributed by atoms with Gasteiger partial charge in [0.1, 0.15) is 23.8 Å². The molecular weight excluding hydrogens is 378 g/mol. The van der Waals surface area contributed by atoms with Gasteiger partial charge in [-0.2, -0.15) is 0 Å². The lowest BCUT2D eigenvalue weighted by Gasteiger charge is -2.08. The van der Waals surface area contributed by atoms with Gasteiger partial charge in [0.2, 0.25) is 0 Å². The van der Waals surface area contributed by atoms with E-state index in [0.717, 1.165) is 28.2 Å². The molecule has 0 saturated heterocycles. The van der Waals surface area contributed by atoms with Crippen LogP contribution >= 0.6 is 0 Å². The average Bonchev–Trinajstić information content (AvgIpc) is 3.21. The molecule has 0 aliphatic heterocycles. The smallest absolute Gasteiger partial charge is 0.251 e. The molecule has 6 heteroatoms. The minimum atomic E-state index is -0.153. The Kier molecular flexibility index (Phi) is 5.66. The molecule has 0 saturated carbocycles. The Morgan fingerprint density at radius 2 is 1.90 bits per heavy atom. The SMILES string of the molecule is COc1ccc(CNC(=O)c2cccc(OCc3cn4cccc(C)c4n3)c2)cc1. The van der Waals surface area contributed by atoms with Crippen LogP contribution in [-0.4, -0.2) is 22.4 Å². The molecule has 1 N–H and O–H groups in total. The van der Waals surface area contributed by atoms with Crippen LogP contribution in [0.25, 0.3) is 5.65 Å². The van der Waals surface area contributed by atoms with Crippen molar-refractivity contribution in [2.45, 2.75) is 20.1 Å². The molecule has 0 atom stereocenters. The van der Waals surface area contributed by atoms with Gasteiger partial charge in [-0.25, -0.2) is 4.98 Å². The number of carbonyl (C=O) groups excluding carboxylic acids is 1. The molecule has 30 heavy (non-hydrogen) atoms. The van der Waals surface area contributed by atoms with Crippen molar-refractivity contribution >= 4 is 11.6 Å². The van der Waals surface area contributed by atoms with E-state index in [1.807, 2.05) is 72.2 Å². The normalized spacial score (nSPS) is 10.7. The lowest BCUT2D eigenvalue weighted by molar-refractivity contribution is 0.0950. The average molecular weight is 401 g/mol. The Morgan fingerprint density at radius 1 is 1.07 bits per heavy atom. The van der Waals surface area contributed by atoms with Gasteiger partial charge in [0.15, 0.2) is 0 Å². The lowest BCUT2D eigenvalue weighted by atomic mass is 10.2. The zero-order chi connectivity index (χ0) is 20.9. The number of rotatable bonds is 7. The van der Waals surface area contributed by atoms with Gasteiger partial charge < -0.3 is 19.2 Å². The third kappa shape index (κ3) is 4.43. The van der Waals surface area contributed by atoms with Crippen molar-refractivity contribution < 1.29 is 14.3 Å². The summed E-state index contributed by atoms with van der Waals surface area (Å²) in [4.78, 5) is 17.1. The van der Waals surface area contributed by atoms with E-state index in [1.165, 1.54) is 0 Å². The Morgan fingerprint density at radius 3 is 2.67 bits per heavy atom. The number of aromatic nitrogens is 2. The number of hydrogen-bond donors (Lipinski definition) is 1. The fourth-order valence-corrected chi connectivity index (χ4v) is 3.19. The van der Waals surface area contributed by atoms with E-state index in [4.69, 9.17) is 9.47 Å². The predicted molar refractivity (Wildman–Crippen MR) is 115 cm³/mol. The number of nitrogens with one attached hydrogen (secondary N) is 1. The van der Waals surface area contributed by atoms with E-state index in [-0.39, 0.29) is 5.91 Å². The number of hydrogen-bond acceptors (Lipinski definition) is 4. The Labute approximate surface area is 175 Å². The van der Waals surface area contributed by atoms with E-state index in [9.17, 15) is 4.79 Å². The number of fused-ring (bicyclic) bond motifs is 1. The minimum absolute atomic E-state index is 0.153. The maximum absolute atomic E-state index is 12.5. The second-order valence-corrected chi connectivity index (χ2v) is 7.00. The van der Waals surface area contributed by atoms with Crippen molar-refractivity contribution in [3.8, 4) is 11.5 Å². The molecule has 0 aliphatic rings. The van der Waals surface area contributed by atoms with Gasteiger partial charge >= 0.3 is 0 Å². The van der Waals surface area contributed by atoms with Crippen molar-refractivity contribution in [1.29, 1.82) is 0 Å². The van der Waals surface area contributed by atoms with Crippen LogP contribution in [-0.2, 0) is 13.2 Å². The van der Waals surface area contributed by atoms with Gasteiger partial charge in [-0.15, -0.1) is 0 Å². The molecule has 4 rings (SSSR count). The molecule has 2 aromatic heterocycles. The van der Waals surface area contributed by atoms with Crippen molar-refractivity contribution in [1.82, 2.24) is 14.7 Å². The van der Waals surface area contributed by atoms with Crippen LogP contribution in [0.15, 0.2) is 73.1 Å². The van der Waals surface area contributed by atoms with Gasteiger partial charge in [-0.05, 0) is 54.4 Å². The van der Waals surface area contributed by atoms with Crippen molar-refractivity contribution in [3.63, 3.8) is 0 Å². The second-order valence-electron chi connectivity index (χ2n) is 7.00. The summed E-state index contributed by atoms with van der Waals surface area (Å²) in [6.45, 7) is 2.80. The van der Waals surface area contributed by atoms with E-state index in [2.05, 4.69) is 10.3 Å². The van der Waals surface area contributed by atoms with Gasteiger partial charge in [-0.1, -0.05) is 24.3 Å². The molecule has 0 unspecified atom stereocenters. The topological polar surface area (TPSA) is 64.9 Å². The highest BCUT2D eigenvalue weighted by molar-refractivity contribution is 5.94. The third-order valence-electron chi connectivity index (χ3n) is 4.82. The van der Waals surface area contributed by atoms with Crippen molar-refractivity contribution in [3.05, 3.63) is 95.4 Å². The highest BCUT2D eigenvalue weighted by Gasteiger charge is 2.08. The number of amides is 1. The van der Waals surface area contributed by atoms with Crippen molar-refractivity contribution in [2.24, 2.45) is 0 Å². The molecule has 0 fully saturated rings. The number of benzene rings is 2. The summed E-state index contributed by atoms with van der Waals surface area (Å²) in [6, 6.07) is 18.8. The van der Waals surface area contributed by atoms with E-state index in [1.54, 1.807) is 19.2 Å². The van der Waals surface area contributed by atoms with Gasteiger partial charge in [0, 0.05) is 24.5 Å². The Balaban J connectivity index is 1.37. The number of ether oxygens (including phenoxy) is 2. The Hall–Kier alpha value is -3.80. The highest BCUT2D eigenvalue weighted by Crippen LogP contribution is 2.17. The molecule has 0 radical (unpaired) electrons. The number of carbonyl (C=O) groups is 1. The van der Waals surface area contributed by atoms with E-state index >= 15 is 0 Å². The number of imidazole rings is 1. The van der Waals surface area contributed by atoms with Crippen LogP contribution in [0.5, 0.6) is 11.5 Å². The van der Waals surface area contributed by atoms with Gasteiger partial charge in [0.25, 0.3) is 5.91 Å². The number of pyridine rings is 1. The van der Waals surface area contributed by atoms with Crippen LogP contribution in [0.4, 0.5) is 0 Å². The van der Waals surface area contributed by atoms with Crippen LogP contribution in [0, 0.1) is 6.92 Å². The number of methoxy groups -OCH3 is 1. The molecule has 0 bridgehead atoms. The molecule has 0 spiro atoms. The van der Waals surface area contributed by atoms with Crippen LogP contribution < -0.4 is 14.8 Å². The zero-order valence-electron chi connectivity index (χ0n) is 17.0. The first kappa shape index (κ1) is 19.5. The largest absolute Gasteiger partial charge is 0.497 e. The van der Waals surface area contributed by atoms with Crippen LogP contribution in [0.1, 0.15) is 27.2 Å². The molecule has 2 heterocycles. The zero-order valence-corrected chi connectivity index (χ0v) is 17.0. The standard InChI is InChI=1S/C24H23N3O3/c1-17-5-4-12-27-15-20(26-23(17)27)16-30-22-7-3-6-19(13-22)24(28)25-14-18-8-10-21(29-2)11-9-18/h3-13,15H,14,16H2,1-2H3,(H,25,28). The number of aryl methyl sites for hydroxylation is 1. The molecule has 152 valence electrons. The van der Waals surface area contributed by atoms with Gasteiger partial charge in [-0.3, -0.25) is 4.79 Å². The summed E-state index contributed by atoms with van der Waals surface area (Å²) >= 11 is 0. The molecule has 2 aromatic carbocycles. The summed E-state index contributed by atoms with van der Waals surface area (Å²) in [5.41, 5.74) is 4.41. The fourth-order valence-electron chi connectivity index (χ4n) is 3.19. The van der Waals surface area contributed by atoms with E-state index < -0.39 is 0 Å². The van der Waals surface area contributed by atoms with Crippen LogP contribution in [0.2, 0.25) is 0 Å². The van der Waals surface area contributed by atoms with Crippen molar-refractivity contribution in [2.75, 3.05) is 7.11 Å². The maximum Gasteiger partial charge on any atom is 0.251 e. The van der Waals surface area contributed by atoms with E-state index in [0.29, 0.717) is 24.5 Å². The summed E-state index contributed by atoms with van der Waals surface area (Å²) < 4.78 is 13.0. The first-order valence-electron chi connectivity index (χ1n) is 9.69. The first-order valence-corrected chi connectivity index (χ1v) is 9.69. The summed E-state index contributed by atoms with van der Waals surface area (Å²) in [7, 11) is 1.63. The second kappa shape index (κ2) is 8.69. The third-order valence-corrected chi connectivity index (χ3v) is 4.82. The Bertz CT molecular complexity index is 1170. The minimum Gasteiger partial charge on any atom is -0.497 e. The molecular formula is C24H23N3O3. The molecule has 1 amide bonds. The van der Waals surface area contributed by atoms with Crippen LogP contribution in [0.3, 0.4) is 0 Å². The lowest BCUT2D eigenvalue weighted by Crippen LogP contribution is -2.22. The van der Waals surface area contributed by atoms with Gasteiger partial charge in [0.05, 0.1) is 12.8 Å². The quantitative estimate of drug-likeness (QED) is 0.505. The fraction of sp³-hybridized carbons (Fsp3) is 0.167. The summed E-state index contributed by atoms with van der Waals surface area (Å²) in [6.07, 6.45) is 3.92. The number of nitrogens with zero attached hydrogens (tertiary/aromatic N) is 2. The monoisotopic (exact) mass is 401 g/mol. The predicted octanol–water partition coefficient (Wildman–Crippen LogP) is 4.16.